The number of thioether (sulfide) groups is 1. The van der Waals surface area contributed by atoms with Crippen molar-refractivity contribution in [2.75, 3.05) is 18.9 Å². The Balaban J connectivity index is 1.79. The lowest BCUT2D eigenvalue weighted by Crippen LogP contribution is -2.45. The van der Waals surface area contributed by atoms with Gasteiger partial charge in [-0.2, -0.15) is 4.31 Å². The van der Waals surface area contributed by atoms with Crippen molar-refractivity contribution in [2.24, 2.45) is 0 Å². The smallest absolute Gasteiger partial charge is 0.249 e. The lowest BCUT2D eigenvalue weighted by Gasteiger charge is -2.26. The van der Waals surface area contributed by atoms with Crippen LogP contribution in [-0.2, 0) is 20.2 Å². The van der Waals surface area contributed by atoms with Gasteiger partial charge in [-0.3, -0.25) is 4.79 Å². The van der Waals surface area contributed by atoms with Crippen molar-refractivity contribution >= 4 is 27.7 Å². The maximum Gasteiger partial charge on any atom is 0.249 e. The lowest BCUT2D eigenvalue weighted by molar-refractivity contribution is -0.123. The monoisotopic (exact) mass is 476 g/mol. The molecule has 0 aliphatic carbocycles. The number of amides is 1. The number of aliphatic hydroxyl groups is 1. The summed E-state index contributed by atoms with van der Waals surface area (Å²) >= 11 is 1.32. The first-order chi connectivity index (χ1) is 15.2. The van der Waals surface area contributed by atoms with E-state index in [1.807, 2.05) is 42.5 Å². The number of sulfonamides is 1. The van der Waals surface area contributed by atoms with Crippen LogP contribution < -0.4 is 5.32 Å². The Bertz CT molecular complexity index is 1010. The minimum Gasteiger partial charge on any atom is -0.396 e. The molecule has 6 nitrogen and oxygen atoms in total. The Labute approximate surface area is 195 Å². The van der Waals surface area contributed by atoms with Gasteiger partial charge in [-0.15, -0.1) is 11.8 Å². The molecule has 1 fully saturated rings. The van der Waals surface area contributed by atoms with E-state index >= 15 is 0 Å². The summed E-state index contributed by atoms with van der Waals surface area (Å²) in [6.07, 6.45) is 1.30. The van der Waals surface area contributed by atoms with Crippen molar-refractivity contribution in [1.82, 2.24) is 9.62 Å². The molecule has 3 rings (SSSR count). The van der Waals surface area contributed by atoms with Gasteiger partial charge >= 0.3 is 0 Å². The fourth-order valence-corrected chi connectivity index (χ4v) is 6.79. The topological polar surface area (TPSA) is 86.7 Å². The minimum atomic E-state index is -3.81. The molecule has 2 aromatic carbocycles. The third-order valence-electron chi connectivity index (χ3n) is 6.14. The number of carbonyl (C=O) groups excluding carboxylic acids is 1. The number of aliphatic hydroxyl groups excluding tert-OH is 1. The molecule has 0 saturated carbocycles. The second-order valence-electron chi connectivity index (χ2n) is 8.58. The van der Waals surface area contributed by atoms with Crippen molar-refractivity contribution < 1.29 is 18.3 Å². The Hall–Kier alpha value is -1.87. The molecule has 1 heterocycles. The normalized spacial score (nSPS) is 18.4. The minimum absolute atomic E-state index is 0.0344. The standard InChI is InChI=1S/C24H32N2O4S2/c1-4-24(2,3)19-10-12-20(13-11-19)32(29,30)26-15-17-31-23(26)22(28)25-21(14-16-27)18-8-6-5-7-9-18/h5-13,21,23,27H,4,14-17H2,1-3H3,(H,25,28)/t21-,23+/m0/s1. The van der Waals surface area contributed by atoms with E-state index < -0.39 is 15.4 Å². The van der Waals surface area contributed by atoms with E-state index in [-0.39, 0.29) is 35.4 Å². The molecule has 0 radical (unpaired) electrons. The SMILES string of the molecule is CCC(C)(C)c1ccc(S(=O)(=O)N2CCS[C@@H]2C(=O)N[C@@H](CCO)c2ccccc2)cc1. The van der Waals surface area contributed by atoms with E-state index in [2.05, 4.69) is 26.1 Å². The second-order valence-corrected chi connectivity index (χ2v) is 11.7. The number of hydrogen-bond donors (Lipinski definition) is 2. The molecular formula is C24H32N2O4S2. The zero-order valence-electron chi connectivity index (χ0n) is 18.8. The summed E-state index contributed by atoms with van der Waals surface area (Å²) in [5, 5.41) is 11.5. The highest BCUT2D eigenvalue weighted by atomic mass is 32.2. The van der Waals surface area contributed by atoms with Crippen LogP contribution in [0.3, 0.4) is 0 Å². The predicted octanol–water partition coefficient (Wildman–Crippen LogP) is 3.68. The van der Waals surface area contributed by atoms with Crippen LogP contribution >= 0.6 is 11.8 Å². The van der Waals surface area contributed by atoms with Gasteiger partial charge in [0.15, 0.2) is 0 Å². The van der Waals surface area contributed by atoms with E-state index in [9.17, 15) is 18.3 Å². The van der Waals surface area contributed by atoms with Crippen molar-refractivity contribution in [3.05, 3.63) is 65.7 Å². The quantitative estimate of drug-likeness (QED) is 0.577. The molecule has 0 spiro atoms. The summed E-state index contributed by atoms with van der Waals surface area (Å²) in [6.45, 7) is 6.56. The first-order valence-electron chi connectivity index (χ1n) is 10.9. The molecule has 1 aliphatic heterocycles. The van der Waals surface area contributed by atoms with E-state index in [1.54, 1.807) is 12.1 Å². The Morgan fingerprint density at radius 1 is 1.19 bits per heavy atom. The predicted molar refractivity (Wildman–Crippen MR) is 129 cm³/mol. The molecule has 1 aliphatic rings. The van der Waals surface area contributed by atoms with Gasteiger partial charge in [-0.25, -0.2) is 8.42 Å². The van der Waals surface area contributed by atoms with Gasteiger partial charge < -0.3 is 10.4 Å². The summed E-state index contributed by atoms with van der Waals surface area (Å²) in [5.74, 6) is 0.191. The molecule has 1 amide bonds. The molecule has 174 valence electrons. The van der Waals surface area contributed by atoms with Crippen LogP contribution in [-0.4, -0.2) is 48.0 Å². The first-order valence-corrected chi connectivity index (χ1v) is 13.4. The molecule has 0 aromatic heterocycles. The van der Waals surface area contributed by atoms with E-state index in [1.165, 1.54) is 16.1 Å². The molecule has 8 heteroatoms. The largest absolute Gasteiger partial charge is 0.396 e. The highest BCUT2D eigenvalue weighted by molar-refractivity contribution is 8.02. The first kappa shape index (κ1) is 24.8. The highest BCUT2D eigenvalue weighted by Gasteiger charge is 2.40. The number of rotatable bonds is 9. The Morgan fingerprint density at radius 3 is 2.44 bits per heavy atom. The van der Waals surface area contributed by atoms with Gasteiger partial charge in [0.25, 0.3) is 0 Å². The molecule has 0 unspecified atom stereocenters. The van der Waals surface area contributed by atoms with Gasteiger partial charge in [0.2, 0.25) is 15.9 Å². The van der Waals surface area contributed by atoms with Gasteiger partial charge in [-0.1, -0.05) is 63.2 Å². The second kappa shape index (κ2) is 10.4. The number of hydrogen-bond acceptors (Lipinski definition) is 5. The molecule has 2 atom stereocenters. The number of nitrogens with zero attached hydrogens (tertiary/aromatic N) is 1. The van der Waals surface area contributed by atoms with Crippen molar-refractivity contribution in [3.63, 3.8) is 0 Å². The van der Waals surface area contributed by atoms with Crippen LogP contribution in [0.5, 0.6) is 0 Å². The van der Waals surface area contributed by atoms with Gasteiger partial charge in [0, 0.05) is 18.9 Å². The summed E-state index contributed by atoms with van der Waals surface area (Å²) < 4.78 is 28.0. The molecule has 2 N–H and O–H groups in total. The Morgan fingerprint density at radius 2 is 1.84 bits per heavy atom. The molecule has 1 saturated heterocycles. The summed E-state index contributed by atoms with van der Waals surface area (Å²) in [6, 6.07) is 16.0. The lowest BCUT2D eigenvalue weighted by atomic mass is 9.82. The number of carbonyl (C=O) groups is 1. The van der Waals surface area contributed by atoms with Crippen molar-refractivity contribution in [2.45, 2.75) is 55.3 Å². The van der Waals surface area contributed by atoms with Gasteiger partial charge in [-0.05, 0) is 41.5 Å². The zero-order chi connectivity index (χ0) is 23.4. The molecule has 2 aromatic rings. The molecular weight excluding hydrogens is 444 g/mol. The van der Waals surface area contributed by atoms with Crippen LogP contribution in [0.25, 0.3) is 0 Å². The average molecular weight is 477 g/mol. The molecule has 32 heavy (non-hydrogen) atoms. The van der Waals surface area contributed by atoms with Crippen LogP contribution in [0.2, 0.25) is 0 Å². The fraction of sp³-hybridized carbons (Fsp3) is 0.458. The summed E-state index contributed by atoms with van der Waals surface area (Å²) in [7, 11) is -3.81. The van der Waals surface area contributed by atoms with Crippen LogP contribution in [0, 0.1) is 0 Å². The highest BCUT2D eigenvalue weighted by Crippen LogP contribution is 2.33. The van der Waals surface area contributed by atoms with E-state index in [0.717, 1.165) is 17.5 Å². The molecule has 0 bridgehead atoms. The summed E-state index contributed by atoms with van der Waals surface area (Å²) in [4.78, 5) is 13.3. The maximum absolute atomic E-state index is 13.4. The number of benzene rings is 2. The van der Waals surface area contributed by atoms with Crippen LogP contribution in [0.15, 0.2) is 59.5 Å². The van der Waals surface area contributed by atoms with Crippen LogP contribution in [0.4, 0.5) is 0 Å². The van der Waals surface area contributed by atoms with E-state index in [4.69, 9.17) is 0 Å². The van der Waals surface area contributed by atoms with Crippen LogP contribution in [0.1, 0.15) is 50.8 Å². The average Bonchev–Trinajstić information content (AvgIpc) is 3.30. The van der Waals surface area contributed by atoms with E-state index in [0.29, 0.717) is 12.2 Å². The van der Waals surface area contributed by atoms with Crippen molar-refractivity contribution in [3.8, 4) is 0 Å². The Kier molecular flexibility index (Phi) is 8.03. The zero-order valence-corrected chi connectivity index (χ0v) is 20.5. The third kappa shape index (κ3) is 5.36. The number of nitrogens with one attached hydrogen (secondary N) is 1. The maximum atomic E-state index is 13.4. The van der Waals surface area contributed by atoms with Gasteiger partial charge in [0.1, 0.15) is 5.37 Å². The fourth-order valence-electron chi connectivity index (χ4n) is 3.70. The third-order valence-corrected chi connectivity index (χ3v) is 9.35. The van der Waals surface area contributed by atoms with Crippen molar-refractivity contribution in [1.29, 1.82) is 0 Å². The van der Waals surface area contributed by atoms with Gasteiger partial charge in [0.05, 0.1) is 10.9 Å². The summed E-state index contributed by atoms with van der Waals surface area (Å²) in [5.41, 5.74) is 1.92.